The van der Waals surface area contributed by atoms with Crippen LogP contribution in [0.3, 0.4) is 0 Å². The van der Waals surface area contributed by atoms with Gasteiger partial charge in [0.2, 0.25) is 10.0 Å². The molecule has 2 rings (SSSR count). The zero-order chi connectivity index (χ0) is 18.6. The molecule has 0 fully saturated rings. The maximum absolute atomic E-state index is 12.3. The Morgan fingerprint density at radius 1 is 1.12 bits per heavy atom. The molecule has 25 heavy (non-hydrogen) atoms. The van der Waals surface area contributed by atoms with Crippen molar-refractivity contribution >= 4 is 21.8 Å². The number of nitrogens with zero attached hydrogens (tertiary/aromatic N) is 1. The van der Waals surface area contributed by atoms with Gasteiger partial charge in [0.25, 0.3) is 11.8 Å². The molecule has 0 unspecified atom stereocenters. The number of hydrogen-bond acceptors (Lipinski definition) is 4. The molecule has 1 heterocycles. The lowest BCUT2D eigenvalue weighted by Crippen LogP contribution is -2.25. The molecule has 0 saturated heterocycles. The lowest BCUT2D eigenvalue weighted by atomic mass is 10.1. The topological polar surface area (TPSA) is 109 Å². The van der Waals surface area contributed by atoms with E-state index in [1.165, 1.54) is 23.9 Å². The molecule has 8 nitrogen and oxygen atoms in total. The van der Waals surface area contributed by atoms with Crippen LogP contribution in [0.5, 0.6) is 0 Å². The Balaban J connectivity index is 2.12. The van der Waals surface area contributed by atoms with E-state index in [0.29, 0.717) is 5.56 Å². The molecule has 0 atom stereocenters. The van der Waals surface area contributed by atoms with Crippen LogP contribution in [-0.2, 0) is 23.6 Å². The van der Waals surface area contributed by atoms with Crippen molar-refractivity contribution in [3.8, 4) is 0 Å². The maximum atomic E-state index is 12.3. The highest BCUT2D eigenvalue weighted by Gasteiger charge is 2.19. The zero-order valence-electron chi connectivity index (χ0n) is 14.2. The van der Waals surface area contributed by atoms with Gasteiger partial charge >= 0.3 is 0 Å². The summed E-state index contributed by atoms with van der Waals surface area (Å²) in [5, 5.41) is 5.25. The van der Waals surface area contributed by atoms with Crippen LogP contribution in [0.25, 0.3) is 0 Å². The smallest absolute Gasteiger partial charge is 0.268 e. The third-order valence-corrected chi connectivity index (χ3v) is 5.04. The van der Waals surface area contributed by atoms with Crippen molar-refractivity contribution in [3.63, 3.8) is 0 Å². The molecule has 0 bridgehead atoms. The minimum atomic E-state index is -3.61. The lowest BCUT2D eigenvalue weighted by molar-refractivity contribution is 0.0941. The van der Waals surface area contributed by atoms with E-state index in [1.807, 2.05) is 0 Å². The molecule has 134 valence electrons. The van der Waals surface area contributed by atoms with E-state index in [2.05, 4.69) is 15.4 Å². The molecular weight excluding hydrogens is 344 g/mol. The summed E-state index contributed by atoms with van der Waals surface area (Å²) in [6.45, 7) is 0.211. The third-order valence-electron chi connectivity index (χ3n) is 3.66. The van der Waals surface area contributed by atoms with Crippen LogP contribution >= 0.6 is 0 Å². The van der Waals surface area contributed by atoms with Crippen LogP contribution in [-0.4, -0.2) is 38.9 Å². The fourth-order valence-electron chi connectivity index (χ4n) is 2.26. The van der Waals surface area contributed by atoms with Crippen LogP contribution in [0.15, 0.2) is 41.4 Å². The second kappa shape index (κ2) is 7.49. The third kappa shape index (κ3) is 4.25. The Morgan fingerprint density at radius 3 is 2.48 bits per heavy atom. The van der Waals surface area contributed by atoms with E-state index in [-0.39, 0.29) is 23.0 Å². The molecule has 2 amide bonds. The van der Waals surface area contributed by atoms with Crippen molar-refractivity contribution < 1.29 is 18.0 Å². The van der Waals surface area contributed by atoms with Crippen molar-refractivity contribution in [2.24, 2.45) is 7.05 Å². The van der Waals surface area contributed by atoms with E-state index >= 15 is 0 Å². The van der Waals surface area contributed by atoms with E-state index in [0.717, 1.165) is 5.56 Å². The molecule has 9 heteroatoms. The van der Waals surface area contributed by atoms with Crippen LogP contribution in [0.1, 0.15) is 26.4 Å². The largest absolute Gasteiger partial charge is 0.355 e. The van der Waals surface area contributed by atoms with Crippen molar-refractivity contribution in [2.45, 2.75) is 11.4 Å². The fraction of sp³-hybridized carbons (Fsp3) is 0.250. The van der Waals surface area contributed by atoms with Crippen LogP contribution in [0.4, 0.5) is 0 Å². The Labute approximate surface area is 146 Å². The van der Waals surface area contributed by atoms with Crippen molar-refractivity contribution in [1.82, 2.24) is 19.9 Å². The molecular formula is C16H20N4O4S. The quantitative estimate of drug-likeness (QED) is 0.681. The molecule has 0 aliphatic rings. The van der Waals surface area contributed by atoms with Gasteiger partial charge in [0, 0.05) is 32.4 Å². The van der Waals surface area contributed by atoms with Crippen molar-refractivity contribution in [1.29, 1.82) is 0 Å². The molecule has 0 aliphatic heterocycles. The summed E-state index contributed by atoms with van der Waals surface area (Å²) in [4.78, 5) is 24.0. The Kier molecular flexibility index (Phi) is 5.60. The van der Waals surface area contributed by atoms with Gasteiger partial charge in [0.15, 0.2) is 0 Å². The Hall–Kier alpha value is -2.65. The van der Waals surface area contributed by atoms with Crippen LogP contribution < -0.4 is 15.4 Å². The van der Waals surface area contributed by atoms with Gasteiger partial charge < -0.3 is 15.2 Å². The number of aromatic nitrogens is 1. The molecule has 0 spiro atoms. The van der Waals surface area contributed by atoms with Gasteiger partial charge in [-0.2, -0.15) is 0 Å². The minimum Gasteiger partial charge on any atom is -0.355 e. The van der Waals surface area contributed by atoms with Crippen molar-refractivity contribution in [2.75, 3.05) is 14.1 Å². The number of benzene rings is 1. The number of carbonyl (C=O) groups is 2. The van der Waals surface area contributed by atoms with Gasteiger partial charge in [0.05, 0.1) is 0 Å². The summed E-state index contributed by atoms with van der Waals surface area (Å²) in [6, 6.07) is 8.18. The van der Waals surface area contributed by atoms with Gasteiger partial charge in [-0.3, -0.25) is 9.59 Å². The average Bonchev–Trinajstić information content (AvgIpc) is 3.02. The fourth-order valence-corrected chi connectivity index (χ4v) is 3.06. The summed E-state index contributed by atoms with van der Waals surface area (Å²) >= 11 is 0. The number of amides is 2. The molecule has 1 aromatic heterocycles. The second-order valence-corrected chi connectivity index (χ2v) is 7.23. The van der Waals surface area contributed by atoms with E-state index < -0.39 is 15.9 Å². The predicted octanol–water partition coefficient (Wildman–Crippen LogP) is 0.223. The zero-order valence-corrected chi connectivity index (χ0v) is 15.0. The van der Waals surface area contributed by atoms with Gasteiger partial charge in [0.1, 0.15) is 10.6 Å². The summed E-state index contributed by atoms with van der Waals surface area (Å²) in [6.07, 6.45) is 1.37. The van der Waals surface area contributed by atoms with E-state index in [9.17, 15) is 18.0 Å². The van der Waals surface area contributed by atoms with Gasteiger partial charge in [-0.15, -0.1) is 0 Å². The van der Waals surface area contributed by atoms with Crippen molar-refractivity contribution in [3.05, 3.63) is 53.3 Å². The summed E-state index contributed by atoms with van der Waals surface area (Å²) in [7, 11) is 0.831. The molecule has 1 aromatic carbocycles. The Morgan fingerprint density at radius 2 is 1.84 bits per heavy atom. The number of rotatable bonds is 6. The Bertz CT molecular complexity index is 903. The maximum Gasteiger partial charge on any atom is 0.268 e. The predicted molar refractivity (Wildman–Crippen MR) is 92.7 cm³/mol. The number of sulfonamides is 1. The second-order valence-electron chi connectivity index (χ2n) is 5.34. The lowest BCUT2D eigenvalue weighted by Gasteiger charge is -2.07. The van der Waals surface area contributed by atoms with Gasteiger partial charge in [-0.05, 0) is 30.8 Å². The average molecular weight is 364 g/mol. The summed E-state index contributed by atoms with van der Waals surface area (Å²) < 4.78 is 27.3. The first kappa shape index (κ1) is 18.7. The highest BCUT2D eigenvalue weighted by atomic mass is 32.2. The highest BCUT2D eigenvalue weighted by molar-refractivity contribution is 7.89. The summed E-state index contributed by atoms with van der Waals surface area (Å²) in [5.74, 6) is -0.622. The first-order valence-corrected chi connectivity index (χ1v) is 8.96. The first-order chi connectivity index (χ1) is 11.8. The minimum absolute atomic E-state index is 0.0178. The SMILES string of the molecule is CNC(=O)c1cccc(CNC(=O)c2cc(S(=O)(=O)NC)cn2C)c1. The molecule has 3 N–H and O–H groups in total. The van der Waals surface area contributed by atoms with Gasteiger partial charge in [-0.1, -0.05) is 12.1 Å². The van der Waals surface area contributed by atoms with E-state index in [4.69, 9.17) is 0 Å². The highest BCUT2D eigenvalue weighted by Crippen LogP contribution is 2.13. The monoisotopic (exact) mass is 364 g/mol. The van der Waals surface area contributed by atoms with Crippen LogP contribution in [0.2, 0.25) is 0 Å². The van der Waals surface area contributed by atoms with Crippen LogP contribution in [0, 0.1) is 0 Å². The number of aryl methyl sites for hydroxylation is 1. The summed E-state index contributed by atoms with van der Waals surface area (Å²) in [5.41, 5.74) is 1.47. The number of nitrogens with one attached hydrogen (secondary N) is 3. The number of hydrogen-bond donors (Lipinski definition) is 3. The van der Waals surface area contributed by atoms with E-state index in [1.54, 1.807) is 38.4 Å². The first-order valence-electron chi connectivity index (χ1n) is 7.47. The number of carbonyl (C=O) groups excluding carboxylic acids is 2. The van der Waals surface area contributed by atoms with Gasteiger partial charge in [-0.25, -0.2) is 13.1 Å². The molecule has 2 aromatic rings. The normalized spacial score (nSPS) is 11.2. The molecule has 0 saturated carbocycles. The molecule has 0 aliphatic carbocycles. The standard InChI is InChI=1S/C16H20N4O4S/c1-17-15(21)12-6-4-5-11(7-12)9-19-16(22)14-8-13(10-20(14)3)25(23,24)18-2/h4-8,10,18H,9H2,1-3H3,(H,17,21)(H,19,22). The molecule has 0 radical (unpaired) electrons.